The van der Waals surface area contributed by atoms with Crippen LogP contribution in [0.25, 0.3) is 11.3 Å². The van der Waals surface area contributed by atoms with Gasteiger partial charge in [-0.15, -0.1) is 0 Å². The van der Waals surface area contributed by atoms with Gasteiger partial charge in [-0.3, -0.25) is 9.89 Å². The van der Waals surface area contributed by atoms with Crippen molar-refractivity contribution in [2.45, 2.75) is 32.2 Å². The monoisotopic (exact) mass is 413 g/mol. The normalized spacial score (nSPS) is 15.9. The molecule has 1 amide bonds. The van der Waals surface area contributed by atoms with Crippen LogP contribution in [0.1, 0.15) is 53.8 Å². The maximum atomic E-state index is 13.2. The second-order valence-electron chi connectivity index (χ2n) is 7.03. The fraction of sp³-hybridized carbons (Fsp3) is 0.273. The van der Waals surface area contributed by atoms with Crippen LogP contribution in [0.4, 0.5) is 0 Å². The molecule has 0 saturated carbocycles. The van der Waals surface area contributed by atoms with Gasteiger partial charge in [-0.25, -0.2) is 0 Å². The summed E-state index contributed by atoms with van der Waals surface area (Å²) in [5, 5.41) is 8.77. The smallest absolute Gasteiger partial charge is 0.273 e. The molecule has 4 nitrogen and oxygen atoms in total. The van der Waals surface area contributed by atoms with Crippen LogP contribution >= 0.6 is 23.2 Å². The van der Waals surface area contributed by atoms with E-state index in [2.05, 4.69) is 17.1 Å². The number of amides is 1. The molecule has 0 fully saturated rings. The maximum absolute atomic E-state index is 13.2. The Kier molecular flexibility index (Phi) is 5.42. The van der Waals surface area contributed by atoms with Crippen molar-refractivity contribution in [1.29, 1.82) is 0 Å². The summed E-state index contributed by atoms with van der Waals surface area (Å²) in [5.41, 5.74) is 4.17. The van der Waals surface area contributed by atoms with E-state index < -0.39 is 0 Å². The minimum absolute atomic E-state index is 0.0104. The minimum atomic E-state index is -0.206. The first-order valence-corrected chi connectivity index (χ1v) is 10.3. The Morgan fingerprint density at radius 3 is 2.57 bits per heavy atom. The Morgan fingerprint density at radius 1 is 1.07 bits per heavy atom. The van der Waals surface area contributed by atoms with E-state index in [0.29, 0.717) is 22.3 Å². The summed E-state index contributed by atoms with van der Waals surface area (Å²) in [6.07, 6.45) is 3.16. The molecule has 4 rings (SSSR count). The molecule has 0 aliphatic carbocycles. The molecule has 1 N–H and O–H groups in total. The lowest BCUT2D eigenvalue weighted by atomic mass is 9.96. The van der Waals surface area contributed by atoms with Crippen molar-refractivity contribution < 1.29 is 4.79 Å². The molecule has 6 heteroatoms. The number of rotatable bonds is 6. The number of nitrogens with one attached hydrogen (secondary N) is 1. The third kappa shape index (κ3) is 3.43. The SMILES string of the molecule is CCCCCN1C(=O)c2[nH]nc(-c3ccc(Cl)cc3)c2C1c1cccc(Cl)c1. The molecule has 144 valence electrons. The van der Waals surface area contributed by atoms with Crippen molar-refractivity contribution in [2.24, 2.45) is 0 Å². The molecular formula is C22H21Cl2N3O. The number of H-pyrrole nitrogens is 1. The summed E-state index contributed by atoms with van der Waals surface area (Å²) < 4.78 is 0. The van der Waals surface area contributed by atoms with Gasteiger partial charge in [0, 0.05) is 27.7 Å². The maximum Gasteiger partial charge on any atom is 0.273 e. The lowest BCUT2D eigenvalue weighted by Crippen LogP contribution is -2.30. The molecule has 0 spiro atoms. The molecule has 2 aromatic carbocycles. The van der Waals surface area contributed by atoms with Gasteiger partial charge in [0.25, 0.3) is 5.91 Å². The molecule has 0 bridgehead atoms. The van der Waals surface area contributed by atoms with Crippen LogP contribution in [-0.2, 0) is 0 Å². The molecule has 0 radical (unpaired) electrons. The Morgan fingerprint density at radius 2 is 1.86 bits per heavy atom. The molecule has 1 unspecified atom stereocenters. The minimum Gasteiger partial charge on any atom is -0.326 e. The summed E-state index contributed by atoms with van der Waals surface area (Å²) in [4.78, 5) is 15.1. The van der Waals surface area contributed by atoms with Crippen molar-refractivity contribution in [3.8, 4) is 11.3 Å². The summed E-state index contributed by atoms with van der Waals surface area (Å²) in [5.74, 6) is -0.0104. The van der Waals surface area contributed by atoms with Gasteiger partial charge < -0.3 is 4.90 Å². The Hall–Kier alpha value is -2.30. The summed E-state index contributed by atoms with van der Waals surface area (Å²) in [6.45, 7) is 2.86. The van der Waals surface area contributed by atoms with Crippen LogP contribution in [-0.4, -0.2) is 27.5 Å². The number of carbonyl (C=O) groups is 1. The van der Waals surface area contributed by atoms with E-state index in [-0.39, 0.29) is 11.9 Å². The molecule has 28 heavy (non-hydrogen) atoms. The summed E-state index contributed by atoms with van der Waals surface area (Å²) in [6, 6.07) is 15.0. The molecule has 3 aromatic rings. The largest absolute Gasteiger partial charge is 0.326 e. The average Bonchev–Trinajstić information content (AvgIpc) is 3.22. The molecule has 1 aromatic heterocycles. The van der Waals surface area contributed by atoms with Gasteiger partial charge in [-0.05, 0) is 36.2 Å². The predicted octanol–water partition coefficient (Wildman–Crippen LogP) is 6.12. The fourth-order valence-corrected chi connectivity index (χ4v) is 4.14. The number of aromatic nitrogens is 2. The van der Waals surface area contributed by atoms with Crippen LogP contribution < -0.4 is 0 Å². The highest BCUT2D eigenvalue weighted by molar-refractivity contribution is 6.31. The van der Waals surface area contributed by atoms with Crippen LogP contribution in [0, 0.1) is 0 Å². The van der Waals surface area contributed by atoms with E-state index in [9.17, 15) is 4.79 Å². The summed E-state index contributed by atoms with van der Waals surface area (Å²) in [7, 11) is 0. The highest BCUT2D eigenvalue weighted by Gasteiger charge is 2.41. The van der Waals surface area contributed by atoms with E-state index in [0.717, 1.165) is 41.6 Å². The highest BCUT2D eigenvalue weighted by atomic mass is 35.5. The van der Waals surface area contributed by atoms with E-state index in [1.54, 1.807) is 0 Å². The third-order valence-corrected chi connectivity index (χ3v) is 5.64. The number of aromatic amines is 1. The van der Waals surface area contributed by atoms with E-state index in [1.165, 1.54) is 0 Å². The second kappa shape index (κ2) is 7.98. The first-order valence-electron chi connectivity index (χ1n) is 9.50. The number of hydrogen-bond acceptors (Lipinski definition) is 2. The zero-order valence-electron chi connectivity index (χ0n) is 15.6. The first-order chi connectivity index (χ1) is 13.6. The number of hydrogen-bond donors (Lipinski definition) is 1. The van der Waals surface area contributed by atoms with Crippen LogP contribution in [0.3, 0.4) is 0 Å². The Labute approximate surface area is 174 Å². The molecule has 2 heterocycles. The second-order valence-corrected chi connectivity index (χ2v) is 7.90. The quantitative estimate of drug-likeness (QED) is 0.494. The van der Waals surface area contributed by atoms with Crippen molar-refractivity contribution in [2.75, 3.05) is 6.54 Å². The number of nitrogens with zero attached hydrogens (tertiary/aromatic N) is 2. The number of halogens is 2. The van der Waals surface area contributed by atoms with Crippen LogP contribution in [0.5, 0.6) is 0 Å². The molecule has 1 aliphatic heterocycles. The van der Waals surface area contributed by atoms with Crippen LogP contribution in [0.2, 0.25) is 10.0 Å². The number of benzene rings is 2. The van der Waals surface area contributed by atoms with Crippen molar-refractivity contribution >= 4 is 29.1 Å². The standard InChI is InChI=1S/C22H21Cl2N3O/c1-2-3-4-12-27-21(15-6-5-7-17(24)13-15)18-19(25-26-20(18)22(27)28)14-8-10-16(23)11-9-14/h5-11,13,21H,2-4,12H2,1H3,(H,25,26). The zero-order valence-corrected chi connectivity index (χ0v) is 17.1. The van der Waals surface area contributed by atoms with Crippen molar-refractivity contribution in [1.82, 2.24) is 15.1 Å². The lowest BCUT2D eigenvalue weighted by Gasteiger charge is -2.26. The zero-order chi connectivity index (χ0) is 19.7. The van der Waals surface area contributed by atoms with Gasteiger partial charge >= 0.3 is 0 Å². The van der Waals surface area contributed by atoms with E-state index >= 15 is 0 Å². The highest BCUT2D eigenvalue weighted by Crippen LogP contribution is 2.43. The van der Waals surface area contributed by atoms with Crippen molar-refractivity contribution in [3.05, 3.63) is 75.4 Å². The first kappa shape index (κ1) is 19.0. The van der Waals surface area contributed by atoms with Gasteiger partial charge in [0.15, 0.2) is 0 Å². The topological polar surface area (TPSA) is 49.0 Å². The van der Waals surface area contributed by atoms with E-state index in [1.807, 2.05) is 53.4 Å². The Bertz CT molecular complexity index is 997. The molecule has 0 saturated heterocycles. The lowest BCUT2D eigenvalue weighted by molar-refractivity contribution is 0.0740. The molecule has 1 aliphatic rings. The van der Waals surface area contributed by atoms with Crippen molar-refractivity contribution in [3.63, 3.8) is 0 Å². The van der Waals surface area contributed by atoms with E-state index in [4.69, 9.17) is 23.2 Å². The Balaban J connectivity index is 1.82. The fourth-order valence-electron chi connectivity index (χ4n) is 3.81. The summed E-state index contributed by atoms with van der Waals surface area (Å²) >= 11 is 12.3. The predicted molar refractivity (Wildman–Crippen MR) is 113 cm³/mol. The third-order valence-electron chi connectivity index (χ3n) is 5.15. The van der Waals surface area contributed by atoms with Gasteiger partial charge in [-0.1, -0.05) is 67.2 Å². The van der Waals surface area contributed by atoms with Crippen LogP contribution in [0.15, 0.2) is 48.5 Å². The molecular weight excluding hydrogens is 393 g/mol. The molecule has 1 atom stereocenters. The van der Waals surface area contributed by atoms with Gasteiger partial charge in [0.1, 0.15) is 5.69 Å². The van der Waals surface area contributed by atoms with Gasteiger partial charge in [-0.2, -0.15) is 5.10 Å². The number of fused-ring (bicyclic) bond motifs is 1. The van der Waals surface area contributed by atoms with Gasteiger partial charge in [0.2, 0.25) is 0 Å². The van der Waals surface area contributed by atoms with Gasteiger partial charge in [0.05, 0.1) is 11.7 Å². The number of carbonyl (C=O) groups excluding carboxylic acids is 1. The number of unbranched alkanes of at least 4 members (excludes halogenated alkanes) is 2. The average molecular weight is 414 g/mol.